The summed E-state index contributed by atoms with van der Waals surface area (Å²) < 4.78 is 0. The van der Waals surface area contributed by atoms with Crippen molar-refractivity contribution in [1.29, 1.82) is 0 Å². The van der Waals surface area contributed by atoms with E-state index in [-0.39, 0.29) is 42.4 Å². The van der Waals surface area contributed by atoms with Crippen LogP contribution in [0.1, 0.15) is 119 Å². The van der Waals surface area contributed by atoms with Gasteiger partial charge in [0.25, 0.3) is 0 Å². The van der Waals surface area contributed by atoms with Crippen LogP contribution in [0.15, 0.2) is 83.0 Å². The van der Waals surface area contributed by atoms with Crippen LogP contribution < -0.4 is 0 Å². The number of aromatic hydroxyl groups is 2. The molecule has 2 aliphatic rings. The fourth-order valence-corrected chi connectivity index (χ4v) is 8.11. The summed E-state index contributed by atoms with van der Waals surface area (Å²) in [5, 5.41) is 32.2. The van der Waals surface area contributed by atoms with E-state index >= 15 is 14.4 Å². The molecule has 3 rings (SSSR count). The van der Waals surface area contributed by atoms with Gasteiger partial charge in [0.05, 0.1) is 5.41 Å². The molecule has 0 saturated heterocycles. The zero-order chi connectivity index (χ0) is 37.1. The van der Waals surface area contributed by atoms with Gasteiger partial charge in [-0.2, -0.15) is 0 Å². The molecule has 5 atom stereocenters. The van der Waals surface area contributed by atoms with E-state index in [4.69, 9.17) is 0 Å². The molecule has 2 aliphatic carbocycles. The monoisotopic (exact) mass is 670 g/mol. The quantitative estimate of drug-likeness (QED) is 0.0453. The molecule has 0 aliphatic heterocycles. The molecule has 0 spiro atoms. The van der Waals surface area contributed by atoms with Crippen LogP contribution in [0.4, 0.5) is 0 Å². The molecule has 6 nitrogen and oxygen atoms in total. The van der Waals surface area contributed by atoms with Crippen LogP contribution >= 0.6 is 0 Å². The molecule has 6 heteroatoms. The second-order valence-corrected chi connectivity index (χ2v) is 15.8. The fourth-order valence-electron chi connectivity index (χ4n) is 8.11. The number of hydrogen-bond donors (Lipinski definition) is 3. The number of phenols is 2. The predicted molar refractivity (Wildman–Crippen MR) is 199 cm³/mol. The molecule has 266 valence electrons. The second kappa shape index (κ2) is 15.3. The topological polar surface area (TPSA) is 112 Å². The van der Waals surface area contributed by atoms with Crippen molar-refractivity contribution in [1.82, 2.24) is 0 Å². The molecule has 1 aromatic rings. The highest BCUT2D eigenvalue weighted by Crippen LogP contribution is 2.67. The minimum absolute atomic E-state index is 0.0120. The molecule has 2 fully saturated rings. The molecule has 0 heterocycles. The van der Waals surface area contributed by atoms with E-state index in [0.717, 1.165) is 33.9 Å². The maximum absolute atomic E-state index is 15.7. The van der Waals surface area contributed by atoms with Gasteiger partial charge in [-0.3, -0.25) is 14.4 Å². The highest BCUT2D eigenvalue weighted by molar-refractivity contribution is 6.41. The number of ketones is 3. The van der Waals surface area contributed by atoms with Gasteiger partial charge in [-0.25, -0.2) is 0 Å². The molecule has 2 saturated carbocycles. The SMILES string of the molecule is C=C(C)CC[C@@H](C[C@]12C[C@@H](CC=C(C)C)[C@@](C)(CCC=C(C)C)[C@](CC=C(C)C)(C(=O)C(=C(O)c3ccc(O)c(O)c3)C1=O)C2=O)C(=C)C. The smallest absolute Gasteiger partial charge is 0.184 e. The number of phenolic OH excluding ortho intramolecular Hbond substituents is 2. The van der Waals surface area contributed by atoms with Gasteiger partial charge < -0.3 is 15.3 Å². The van der Waals surface area contributed by atoms with E-state index in [1.54, 1.807) is 0 Å². The Morgan fingerprint density at radius 1 is 0.898 bits per heavy atom. The standard InChI is InChI=1S/C43H58O6/c1-26(2)13-12-21-41(11)33(18-15-28(5)6)25-42(24-32(30(9)10)16-14-27(3)4)38(47)36(37(46)31-17-19-34(44)35(45)23-31)39(48)43(41,40(42)49)22-20-29(7)8/h13,15,17,19-20,23,32-33,44-46H,3,9,12,14,16,18,21-22,24-25H2,1-2,4-8,10-11H3/t32-,33+,41+,42-,43+/m0/s1. The van der Waals surface area contributed by atoms with Crippen LogP contribution in [0.25, 0.3) is 5.76 Å². The number of carbonyl (C=O) groups excluding carboxylic acids is 3. The summed E-state index contributed by atoms with van der Waals surface area (Å²) >= 11 is 0. The lowest BCUT2D eigenvalue weighted by molar-refractivity contribution is -0.180. The first kappa shape index (κ1) is 39.5. The number of benzene rings is 1. The van der Waals surface area contributed by atoms with Crippen LogP contribution in [0.3, 0.4) is 0 Å². The average molecular weight is 671 g/mol. The Morgan fingerprint density at radius 2 is 1.51 bits per heavy atom. The van der Waals surface area contributed by atoms with Crippen LogP contribution in [-0.2, 0) is 14.4 Å². The molecular weight excluding hydrogens is 612 g/mol. The summed E-state index contributed by atoms with van der Waals surface area (Å²) in [7, 11) is 0. The van der Waals surface area contributed by atoms with Crippen molar-refractivity contribution in [2.75, 3.05) is 0 Å². The third-order valence-corrected chi connectivity index (χ3v) is 11.1. The summed E-state index contributed by atoms with van der Waals surface area (Å²) in [5.41, 5.74) is 0.507. The van der Waals surface area contributed by atoms with E-state index in [2.05, 4.69) is 25.3 Å². The van der Waals surface area contributed by atoms with Gasteiger partial charge >= 0.3 is 0 Å². The maximum atomic E-state index is 15.7. The Hall–Kier alpha value is -3.93. The third kappa shape index (κ3) is 7.64. The van der Waals surface area contributed by atoms with Crippen LogP contribution in [0.2, 0.25) is 0 Å². The minimum atomic E-state index is -1.65. The number of hydrogen-bond acceptors (Lipinski definition) is 6. The van der Waals surface area contributed by atoms with Crippen molar-refractivity contribution in [3.05, 3.63) is 88.6 Å². The zero-order valence-corrected chi connectivity index (χ0v) is 31.3. The normalized spacial score (nSPS) is 26.5. The average Bonchev–Trinajstić information content (AvgIpc) is 3.00. The highest BCUT2D eigenvalue weighted by Gasteiger charge is 2.74. The van der Waals surface area contributed by atoms with Crippen molar-refractivity contribution in [2.24, 2.45) is 28.1 Å². The lowest BCUT2D eigenvalue weighted by Crippen LogP contribution is -2.70. The largest absolute Gasteiger partial charge is 0.506 e. The van der Waals surface area contributed by atoms with Gasteiger partial charge in [0.1, 0.15) is 16.7 Å². The van der Waals surface area contributed by atoms with Gasteiger partial charge in [0.2, 0.25) is 0 Å². The first-order chi connectivity index (χ1) is 22.7. The number of carbonyl (C=O) groups is 3. The molecule has 0 unspecified atom stereocenters. The number of allylic oxidation sites excluding steroid dienone is 9. The van der Waals surface area contributed by atoms with Gasteiger partial charge in [-0.05, 0) is 142 Å². The number of Topliss-reactive ketones (excluding diaryl/α,β-unsaturated/α-hetero) is 3. The summed E-state index contributed by atoms with van der Waals surface area (Å²) in [4.78, 5) is 46.2. The van der Waals surface area contributed by atoms with Gasteiger partial charge in [0, 0.05) is 5.56 Å². The lowest BCUT2D eigenvalue weighted by atomic mass is 9.37. The number of fused-ring (bicyclic) bond motifs is 2. The van der Waals surface area contributed by atoms with Crippen molar-refractivity contribution in [3.8, 4) is 11.5 Å². The number of aliphatic hydroxyl groups is 1. The third-order valence-electron chi connectivity index (χ3n) is 11.1. The van der Waals surface area contributed by atoms with Crippen LogP contribution in [0.5, 0.6) is 11.5 Å². The van der Waals surface area contributed by atoms with E-state index in [1.807, 2.05) is 68.4 Å². The summed E-state index contributed by atoms with van der Waals surface area (Å²) in [6.45, 7) is 26.2. The second-order valence-electron chi connectivity index (χ2n) is 15.8. The predicted octanol–water partition coefficient (Wildman–Crippen LogP) is 10.5. The Bertz CT molecular complexity index is 1640. The molecule has 0 aromatic heterocycles. The van der Waals surface area contributed by atoms with Gasteiger partial charge in [-0.15, -0.1) is 6.58 Å². The number of rotatable bonds is 14. The first-order valence-corrected chi connectivity index (χ1v) is 17.5. The summed E-state index contributed by atoms with van der Waals surface area (Å²) in [6.07, 6.45) is 9.83. The first-order valence-electron chi connectivity index (χ1n) is 17.5. The van der Waals surface area contributed by atoms with E-state index in [1.165, 1.54) is 12.1 Å². The Kier molecular flexibility index (Phi) is 12.3. The van der Waals surface area contributed by atoms with Crippen molar-refractivity contribution < 1.29 is 29.7 Å². The molecule has 2 bridgehead atoms. The van der Waals surface area contributed by atoms with E-state index in [9.17, 15) is 15.3 Å². The van der Waals surface area contributed by atoms with Crippen LogP contribution in [0, 0.1) is 28.1 Å². The zero-order valence-electron chi connectivity index (χ0n) is 31.3. The molecular formula is C43H58O6. The molecule has 1 aromatic carbocycles. The lowest BCUT2D eigenvalue weighted by Gasteiger charge is -2.62. The number of aliphatic hydroxyl groups excluding tert-OH is 1. The van der Waals surface area contributed by atoms with Crippen molar-refractivity contribution in [3.63, 3.8) is 0 Å². The van der Waals surface area contributed by atoms with Crippen molar-refractivity contribution >= 4 is 23.1 Å². The molecule has 3 N–H and O–H groups in total. The Labute approximate surface area is 294 Å². The van der Waals surface area contributed by atoms with Gasteiger partial charge in [-0.1, -0.05) is 59.6 Å². The Balaban J connectivity index is 2.54. The van der Waals surface area contributed by atoms with Crippen LogP contribution in [-0.4, -0.2) is 32.7 Å². The van der Waals surface area contributed by atoms with E-state index < -0.39 is 50.6 Å². The summed E-state index contributed by atoms with van der Waals surface area (Å²) in [6, 6.07) is 3.69. The molecule has 0 radical (unpaired) electrons. The Morgan fingerprint density at radius 3 is 2.04 bits per heavy atom. The fraction of sp³-hybridized carbons (Fsp3) is 0.512. The maximum Gasteiger partial charge on any atom is 0.184 e. The van der Waals surface area contributed by atoms with Gasteiger partial charge in [0.15, 0.2) is 28.8 Å². The molecule has 0 amide bonds. The molecule has 49 heavy (non-hydrogen) atoms. The highest BCUT2D eigenvalue weighted by atomic mass is 16.3. The van der Waals surface area contributed by atoms with Crippen molar-refractivity contribution in [2.45, 2.75) is 114 Å². The minimum Gasteiger partial charge on any atom is -0.506 e. The summed E-state index contributed by atoms with van der Waals surface area (Å²) in [5.74, 6) is -3.59. The van der Waals surface area contributed by atoms with E-state index in [0.29, 0.717) is 32.1 Å².